The summed E-state index contributed by atoms with van der Waals surface area (Å²) in [6, 6.07) is 0. The van der Waals surface area contributed by atoms with Gasteiger partial charge in [0.25, 0.3) is 0 Å². The van der Waals surface area contributed by atoms with E-state index in [1.165, 1.54) is 0 Å². The van der Waals surface area contributed by atoms with Gasteiger partial charge in [-0.25, -0.2) is 0 Å². The maximum atomic E-state index is 5.45. The van der Waals surface area contributed by atoms with Crippen molar-refractivity contribution in [1.29, 1.82) is 0 Å². The molecule has 0 unspecified atom stereocenters. The van der Waals surface area contributed by atoms with E-state index < -0.39 is 0 Å². The van der Waals surface area contributed by atoms with Crippen LogP contribution >= 0.6 is 11.6 Å². The van der Waals surface area contributed by atoms with E-state index in [2.05, 4.69) is 25.7 Å². The van der Waals surface area contributed by atoms with Gasteiger partial charge >= 0.3 is 0 Å². The zero-order valence-corrected chi connectivity index (χ0v) is 6.83. The number of hydrogen-bond acceptors (Lipinski definition) is 1. The molecular formula is C7H14ClN. The SMILES string of the molecule is C=C(NCCCl)C(C)C. The Labute approximate surface area is 62.1 Å². The highest BCUT2D eigenvalue weighted by Gasteiger charge is 1.95. The minimum Gasteiger partial charge on any atom is -0.387 e. The molecule has 2 heteroatoms. The second kappa shape index (κ2) is 4.68. The van der Waals surface area contributed by atoms with Gasteiger partial charge in [-0.1, -0.05) is 20.4 Å². The molecule has 0 fully saturated rings. The number of nitrogens with one attached hydrogen (secondary N) is 1. The lowest BCUT2D eigenvalue weighted by molar-refractivity contribution is 0.673. The maximum Gasteiger partial charge on any atom is 0.0396 e. The van der Waals surface area contributed by atoms with E-state index in [0.717, 1.165) is 12.2 Å². The topological polar surface area (TPSA) is 12.0 Å². The molecule has 9 heavy (non-hydrogen) atoms. The Balaban J connectivity index is 3.28. The van der Waals surface area contributed by atoms with Crippen molar-refractivity contribution in [2.75, 3.05) is 12.4 Å². The summed E-state index contributed by atoms with van der Waals surface area (Å²) in [6.45, 7) is 8.84. The van der Waals surface area contributed by atoms with Crippen molar-refractivity contribution in [3.05, 3.63) is 12.3 Å². The Morgan fingerprint density at radius 3 is 2.56 bits per heavy atom. The van der Waals surface area contributed by atoms with Crippen molar-refractivity contribution >= 4 is 11.6 Å². The van der Waals surface area contributed by atoms with Crippen LogP contribution in [-0.4, -0.2) is 12.4 Å². The van der Waals surface area contributed by atoms with Gasteiger partial charge in [0, 0.05) is 18.1 Å². The van der Waals surface area contributed by atoms with E-state index in [0.29, 0.717) is 11.8 Å². The molecule has 0 amide bonds. The van der Waals surface area contributed by atoms with Crippen LogP contribution in [0.4, 0.5) is 0 Å². The molecule has 1 nitrogen and oxygen atoms in total. The molecule has 0 heterocycles. The maximum absolute atomic E-state index is 5.45. The van der Waals surface area contributed by atoms with Gasteiger partial charge in [-0.05, 0) is 5.92 Å². The van der Waals surface area contributed by atoms with Crippen LogP contribution in [0, 0.1) is 5.92 Å². The third kappa shape index (κ3) is 4.34. The first kappa shape index (κ1) is 8.83. The first-order valence-electron chi connectivity index (χ1n) is 3.17. The van der Waals surface area contributed by atoms with Gasteiger partial charge in [0.15, 0.2) is 0 Å². The largest absolute Gasteiger partial charge is 0.387 e. The third-order valence-corrected chi connectivity index (χ3v) is 1.33. The lowest BCUT2D eigenvalue weighted by Crippen LogP contribution is -2.18. The predicted molar refractivity (Wildman–Crippen MR) is 42.7 cm³/mol. The van der Waals surface area contributed by atoms with Crippen LogP contribution in [0.2, 0.25) is 0 Å². The van der Waals surface area contributed by atoms with Crippen LogP contribution in [-0.2, 0) is 0 Å². The fourth-order valence-electron chi connectivity index (χ4n) is 0.412. The van der Waals surface area contributed by atoms with Gasteiger partial charge in [-0.2, -0.15) is 0 Å². The van der Waals surface area contributed by atoms with E-state index >= 15 is 0 Å². The summed E-state index contributed by atoms with van der Waals surface area (Å²) in [5.74, 6) is 1.15. The number of allylic oxidation sites excluding steroid dienone is 1. The first-order chi connectivity index (χ1) is 4.18. The molecular weight excluding hydrogens is 134 g/mol. The summed E-state index contributed by atoms with van der Waals surface area (Å²) in [5.41, 5.74) is 1.07. The molecule has 0 aliphatic heterocycles. The van der Waals surface area contributed by atoms with Crippen LogP contribution in [0.5, 0.6) is 0 Å². The van der Waals surface area contributed by atoms with Crippen molar-refractivity contribution in [3.63, 3.8) is 0 Å². The van der Waals surface area contributed by atoms with Crippen LogP contribution < -0.4 is 5.32 Å². The van der Waals surface area contributed by atoms with Gasteiger partial charge in [0.2, 0.25) is 0 Å². The van der Waals surface area contributed by atoms with Crippen molar-refractivity contribution < 1.29 is 0 Å². The summed E-state index contributed by atoms with van der Waals surface area (Å²) < 4.78 is 0. The van der Waals surface area contributed by atoms with Gasteiger partial charge < -0.3 is 5.32 Å². The molecule has 0 aromatic carbocycles. The highest BCUT2D eigenvalue weighted by atomic mass is 35.5. The summed E-state index contributed by atoms with van der Waals surface area (Å²) >= 11 is 5.45. The molecule has 0 rings (SSSR count). The molecule has 54 valence electrons. The van der Waals surface area contributed by atoms with E-state index in [1.807, 2.05) is 0 Å². The van der Waals surface area contributed by atoms with E-state index in [1.54, 1.807) is 0 Å². The molecule has 0 bridgehead atoms. The van der Waals surface area contributed by atoms with Crippen molar-refractivity contribution in [2.45, 2.75) is 13.8 Å². The van der Waals surface area contributed by atoms with Gasteiger partial charge in [-0.15, -0.1) is 11.6 Å². The number of alkyl halides is 1. The molecule has 0 aliphatic carbocycles. The molecule has 0 aromatic heterocycles. The molecule has 0 radical (unpaired) electrons. The average molecular weight is 148 g/mol. The number of hydrogen-bond donors (Lipinski definition) is 1. The molecule has 0 atom stereocenters. The Bertz CT molecular complexity index is 88.9. The summed E-state index contributed by atoms with van der Waals surface area (Å²) in [4.78, 5) is 0. The zero-order valence-electron chi connectivity index (χ0n) is 6.08. The highest BCUT2D eigenvalue weighted by Crippen LogP contribution is 2.00. The monoisotopic (exact) mass is 147 g/mol. The fraction of sp³-hybridized carbons (Fsp3) is 0.714. The second-order valence-electron chi connectivity index (χ2n) is 2.30. The molecule has 0 saturated heterocycles. The molecule has 0 aliphatic rings. The van der Waals surface area contributed by atoms with Crippen molar-refractivity contribution in [3.8, 4) is 0 Å². The van der Waals surface area contributed by atoms with Crippen LogP contribution in [0.3, 0.4) is 0 Å². The smallest absolute Gasteiger partial charge is 0.0396 e. The first-order valence-corrected chi connectivity index (χ1v) is 3.70. The number of halogens is 1. The lowest BCUT2D eigenvalue weighted by atomic mass is 10.2. The molecule has 0 spiro atoms. The van der Waals surface area contributed by atoms with Gasteiger partial charge in [-0.3, -0.25) is 0 Å². The Hall–Kier alpha value is -0.170. The summed E-state index contributed by atoms with van der Waals surface area (Å²) in [7, 11) is 0. The van der Waals surface area contributed by atoms with Gasteiger partial charge in [0.1, 0.15) is 0 Å². The van der Waals surface area contributed by atoms with Crippen molar-refractivity contribution in [2.24, 2.45) is 5.92 Å². The lowest BCUT2D eigenvalue weighted by Gasteiger charge is -2.10. The summed E-state index contributed by atoms with van der Waals surface area (Å²) in [5, 5.41) is 3.11. The van der Waals surface area contributed by atoms with Crippen LogP contribution in [0.1, 0.15) is 13.8 Å². The van der Waals surface area contributed by atoms with E-state index in [4.69, 9.17) is 11.6 Å². The minimum absolute atomic E-state index is 0.508. The predicted octanol–water partition coefficient (Wildman–Crippen LogP) is 1.98. The Morgan fingerprint density at radius 2 is 2.22 bits per heavy atom. The Morgan fingerprint density at radius 1 is 1.67 bits per heavy atom. The quantitative estimate of drug-likeness (QED) is 0.600. The zero-order chi connectivity index (χ0) is 7.28. The van der Waals surface area contributed by atoms with Crippen LogP contribution in [0.25, 0.3) is 0 Å². The van der Waals surface area contributed by atoms with Gasteiger partial charge in [0.05, 0.1) is 0 Å². The molecule has 0 aromatic rings. The van der Waals surface area contributed by atoms with Crippen LogP contribution in [0.15, 0.2) is 12.3 Å². The minimum atomic E-state index is 0.508. The molecule has 1 N–H and O–H groups in total. The second-order valence-corrected chi connectivity index (χ2v) is 2.67. The normalized spacial score (nSPS) is 9.78. The fourth-order valence-corrected chi connectivity index (χ4v) is 0.506. The standard InChI is InChI=1S/C7H14ClN/c1-6(2)7(3)9-5-4-8/h6,9H,3-5H2,1-2H3. The average Bonchev–Trinajstić information content (AvgIpc) is 1.82. The summed E-state index contributed by atoms with van der Waals surface area (Å²) in [6.07, 6.45) is 0. The van der Waals surface area contributed by atoms with E-state index in [-0.39, 0.29) is 0 Å². The molecule has 0 saturated carbocycles. The number of rotatable bonds is 4. The Kier molecular flexibility index (Phi) is 4.60. The third-order valence-electron chi connectivity index (χ3n) is 1.14. The highest BCUT2D eigenvalue weighted by molar-refractivity contribution is 6.18. The van der Waals surface area contributed by atoms with E-state index in [9.17, 15) is 0 Å². The van der Waals surface area contributed by atoms with Crippen molar-refractivity contribution in [1.82, 2.24) is 5.32 Å².